The van der Waals surface area contributed by atoms with E-state index < -0.39 is 0 Å². The molecule has 0 aliphatic heterocycles. The zero-order valence-corrected chi connectivity index (χ0v) is 11.1. The van der Waals surface area contributed by atoms with E-state index in [4.69, 9.17) is 14.2 Å². The molecule has 3 nitrogen and oxygen atoms in total. The monoisotopic (exact) mass is 250 g/mol. The summed E-state index contributed by atoms with van der Waals surface area (Å²) in [6.07, 6.45) is 6.86. The van der Waals surface area contributed by atoms with E-state index in [1.807, 2.05) is 24.3 Å². The molecule has 0 radical (unpaired) electrons. The van der Waals surface area contributed by atoms with Crippen LogP contribution in [0.15, 0.2) is 24.3 Å². The van der Waals surface area contributed by atoms with Crippen molar-refractivity contribution in [3.63, 3.8) is 0 Å². The molecule has 0 amide bonds. The molecule has 100 valence electrons. The van der Waals surface area contributed by atoms with Gasteiger partial charge in [-0.1, -0.05) is 19.3 Å². The Morgan fingerprint density at radius 2 is 1.61 bits per heavy atom. The Morgan fingerprint density at radius 3 is 2.28 bits per heavy atom. The molecule has 1 aromatic carbocycles. The van der Waals surface area contributed by atoms with Gasteiger partial charge in [0.05, 0.1) is 19.8 Å². The third-order valence-electron chi connectivity index (χ3n) is 3.32. The number of rotatable bonds is 6. The molecule has 0 bridgehead atoms. The zero-order chi connectivity index (χ0) is 12.6. The lowest BCUT2D eigenvalue weighted by Crippen LogP contribution is -2.19. The molecule has 2 rings (SSSR count). The van der Waals surface area contributed by atoms with Crippen molar-refractivity contribution in [3.05, 3.63) is 24.3 Å². The number of methoxy groups -OCH3 is 1. The molecule has 0 N–H and O–H groups in total. The minimum atomic E-state index is 0.457. The van der Waals surface area contributed by atoms with E-state index in [0.29, 0.717) is 19.3 Å². The van der Waals surface area contributed by atoms with Crippen molar-refractivity contribution >= 4 is 0 Å². The third kappa shape index (κ3) is 4.22. The van der Waals surface area contributed by atoms with Gasteiger partial charge in [0, 0.05) is 0 Å². The molecule has 3 heteroatoms. The Balaban J connectivity index is 1.62. The Labute approximate surface area is 109 Å². The summed E-state index contributed by atoms with van der Waals surface area (Å²) in [6, 6.07) is 7.63. The van der Waals surface area contributed by atoms with Crippen LogP contribution in [0.4, 0.5) is 0 Å². The predicted molar refractivity (Wildman–Crippen MR) is 71.3 cm³/mol. The van der Waals surface area contributed by atoms with E-state index in [1.54, 1.807) is 7.11 Å². The van der Waals surface area contributed by atoms with Crippen molar-refractivity contribution in [3.8, 4) is 11.5 Å². The Morgan fingerprint density at radius 1 is 0.944 bits per heavy atom. The predicted octanol–water partition coefficient (Wildman–Crippen LogP) is 3.42. The van der Waals surface area contributed by atoms with E-state index in [9.17, 15) is 0 Å². The molecule has 1 aliphatic rings. The second-order valence-electron chi connectivity index (χ2n) is 4.65. The second-order valence-corrected chi connectivity index (χ2v) is 4.65. The highest BCUT2D eigenvalue weighted by Crippen LogP contribution is 2.20. The van der Waals surface area contributed by atoms with Gasteiger partial charge in [0.25, 0.3) is 0 Å². The average molecular weight is 250 g/mol. The topological polar surface area (TPSA) is 27.7 Å². The van der Waals surface area contributed by atoms with Crippen molar-refractivity contribution in [1.82, 2.24) is 0 Å². The van der Waals surface area contributed by atoms with Gasteiger partial charge >= 0.3 is 0 Å². The van der Waals surface area contributed by atoms with Crippen molar-refractivity contribution in [2.24, 2.45) is 0 Å². The Hall–Kier alpha value is -1.22. The van der Waals surface area contributed by atoms with Crippen LogP contribution in [0.5, 0.6) is 11.5 Å². The highest BCUT2D eigenvalue weighted by atomic mass is 16.5. The van der Waals surface area contributed by atoms with Crippen molar-refractivity contribution in [2.45, 2.75) is 38.2 Å². The quantitative estimate of drug-likeness (QED) is 0.724. The lowest BCUT2D eigenvalue weighted by atomic mass is 9.98. The summed E-state index contributed by atoms with van der Waals surface area (Å²) in [7, 11) is 1.66. The molecule has 0 saturated heterocycles. The lowest BCUT2D eigenvalue weighted by molar-refractivity contribution is 0.0129. The van der Waals surface area contributed by atoms with E-state index in [1.165, 1.54) is 32.1 Å². The van der Waals surface area contributed by atoms with Crippen molar-refractivity contribution < 1.29 is 14.2 Å². The van der Waals surface area contributed by atoms with E-state index >= 15 is 0 Å². The summed E-state index contributed by atoms with van der Waals surface area (Å²) >= 11 is 0. The first-order valence-corrected chi connectivity index (χ1v) is 6.77. The Kier molecular flexibility index (Phi) is 5.34. The highest BCUT2D eigenvalue weighted by Gasteiger charge is 2.13. The van der Waals surface area contributed by atoms with Gasteiger partial charge in [-0.25, -0.2) is 0 Å². The van der Waals surface area contributed by atoms with Crippen LogP contribution in [0.3, 0.4) is 0 Å². The van der Waals surface area contributed by atoms with Crippen LogP contribution in [0.1, 0.15) is 32.1 Å². The van der Waals surface area contributed by atoms with Crippen LogP contribution in [-0.2, 0) is 4.74 Å². The summed E-state index contributed by atoms with van der Waals surface area (Å²) in [4.78, 5) is 0. The molecule has 1 fully saturated rings. The first kappa shape index (κ1) is 13.2. The van der Waals surface area contributed by atoms with Crippen LogP contribution < -0.4 is 9.47 Å². The number of benzene rings is 1. The average Bonchev–Trinajstić information content (AvgIpc) is 2.45. The normalized spacial score (nSPS) is 16.5. The van der Waals surface area contributed by atoms with Gasteiger partial charge in [0.2, 0.25) is 0 Å². The van der Waals surface area contributed by atoms with Crippen LogP contribution in [0.2, 0.25) is 0 Å². The summed E-state index contributed by atoms with van der Waals surface area (Å²) < 4.78 is 16.5. The van der Waals surface area contributed by atoms with Gasteiger partial charge in [-0.05, 0) is 37.1 Å². The first-order valence-electron chi connectivity index (χ1n) is 6.77. The number of hydrogen-bond acceptors (Lipinski definition) is 3. The molecular weight excluding hydrogens is 228 g/mol. The second kappa shape index (κ2) is 7.27. The van der Waals surface area contributed by atoms with Gasteiger partial charge in [-0.15, -0.1) is 0 Å². The molecule has 1 aliphatic carbocycles. The summed E-state index contributed by atoms with van der Waals surface area (Å²) in [5, 5.41) is 0. The minimum Gasteiger partial charge on any atom is -0.497 e. The van der Waals surface area contributed by atoms with Crippen LogP contribution in [-0.4, -0.2) is 26.4 Å². The van der Waals surface area contributed by atoms with Gasteiger partial charge in [0.1, 0.15) is 18.1 Å². The SMILES string of the molecule is COc1ccc(OCCOC2CCCCC2)cc1. The standard InChI is InChI=1S/C15H22O3/c1-16-13-7-9-15(10-8-13)18-12-11-17-14-5-3-2-4-6-14/h7-10,14H,2-6,11-12H2,1H3. The molecule has 0 heterocycles. The number of hydrogen-bond donors (Lipinski definition) is 0. The van der Waals surface area contributed by atoms with Crippen LogP contribution >= 0.6 is 0 Å². The van der Waals surface area contributed by atoms with Crippen molar-refractivity contribution in [2.75, 3.05) is 20.3 Å². The van der Waals surface area contributed by atoms with Gasteiger partial charge < -0.3 is 14.2 Å². The largest absolute Gasteiger partial charge is 0.497 e. The highest BCUT2D eigenvalue weighted by molar-refractivity contribution is 5.31. The summed E-state index contributed by atoms with van der Waals surface area (Å²) in [5.41, 5.74) is 0. The van der Waals surface area contributed by atoms with Crippen LogP contribution in [0.25, 0.3) is 0 Å². The van der Waals surface area contributed by atoms with E-state index in [0.717, 1.165) is 11.5 Å². The fraction of sp³-hybridized carbons (Fsp3) is 0.600. The van der Waals surface area contributed by atoms with Crippen molar-refractivity contribution in [1.29, 1.82) is 0 Å². The maximum absolute atomic E-state index is 5.80. The summed E-state index contributed by atoms with van der Waals surface area (Å²) in [5.74, 6) is 1.71. The fourth-order valence-electron chi connectivity index (χ4n) is 2.28. The van der Waals surface area contributed by atoms with E-state index in [-0.39, 0.29) is 0 Å². The molecule has 1 aromatic rings. The maximum Gasteiger partial charge on any atom is 0.119 e. The molecule has 1 saturated carbocycles. The lowest BCUT2D eigenvalue weighted by Gasteiger charge is -2.21. The zero-order valence-electron chi connectivity index (χ0n) is 11.1. The fourth-order valence-corrected chi connectivity index (χ4v) is 2.28. The van der Waals surface area contributed by atoms with E-state index in [2.05, 4.69) is 0 Å². The molecule has 18 heavy (non-hydrogen) atoms. The number of ether oxygens (including phenoxy) is 3. The molecule has 0 atom stereocenters. The maximum atomic E-state index is 5.80. The molecule has 0 spiro atoms. The minimum absolute atomic E-state index is 0.457. The first-order chi connectivity index (χ1) is 8.88. The van der Waals surface area contributed by atoms with Gasteiger partial charge in [-0.3, -0.25) is 0 Å². The molecule has 0 unspecified atom stereocenters. The smallest absolute Gasteiger partial charge is 0.119 e. The third-order valence-corrected chi connectivity index (χ3v) is 3.32. The summed E-state index contributed by atoms with van der Waals surface area (Å²) in [6.45, 7) is 1.29. The van der Waals surface area contributed by atoms with Gasteiger partial charge in [0.15, 0.2) is 0 Å². The molecule has 0 aromatic heterocycles. The van der Waals surface area contributed by atoms with Crippen LogP contribution in [0, 0.1) is 0 Å². The molecular formula is C15H22O3. The Bertz CT molecular complexity index is 328. The van der Waals surface area contributed by atoms with Gasteiger partial charge in [-0.2, -0.15) is 0 Å².